The number of carboxylic acids is 1. The fourth-order valence-corrected chi connectivity index (χ4v) is 2.38. The highest BCUT2D eigenvalue weighted by Crippen LogP contribution is 2.19. The summed E-state index contributed by atoms with van der Waals surface area (Å²) in [4.78, 5) is 14.5. The van der Waals surface area contributed by atoms with E-state index in [1.54, 1.807) is 4.90 Å². The molecule has 0 aromatic rings. The Balaban J connectivity index is 2.55. The SMILES string of the molecule is CC(C)N1CSC(=S)N(CC(=O)O)C1. The molecule has 0 spiro atoms. The Bertz CT molecular complexity index is 245. The maximum atomic E-state index is 10.6. The highest BCUT2D eigenvalue weighted by atomic mass is 32.2. The standard InChI is InChI=1S/C8H14N2O2S2/c1-6(2)10-4-9(3-7(11)12)8(13)14-5-10/h6H,3-5H2,1-2H3,(H,11,12). The summed E-state index contributed by atoms with van der Waals surface area (Å²) in [6, 6.07) is 0.418. The summed E-state index contributed by atoms with van der Waals surface area (Å²) >= 11 is 6.61. The molecule has 1 N–H and O–H groups in total. The van der Waals surface area contributed by atoms with E-state index in [0.29, 0.717) is 17.0 Å². The van der Waals surface area contributed by atoms with Gasteiger partial charge in [-0.05, 0) is 13.8 Å². The monoisotopic (exact) mass is 234 g/mol. The maximum Gasteiger partial charge on any atom is 0.323 e. The molecule has 6 heteroatoms. The Labute approximate surface area is 93.2 Å². The maximum absolute atomic E-state index is 10.6. The fourth-order valence-electron chi connectivity index (χ4n) is 1.14. The zero-order valence-corrected chi connectivity index (χ0v) is 9.90. The van der Waals surface area contributed by atoms with Crippen molar-refractivity contribution in [3.05, 3.63) is 0 Å². The summed E-state index contributed by atoms with van der Waals surface area (Å²) in [7, 11) is 0. The summed E-state index contributed by atoms with van der Waals surface area (Å²) in [5, 5.41) is 8.68. The summed E-state index contributed by atoms with van der Waals surface area (Å²) in [6.45, 7) is 4.80. The van der Waals surface area contributed by atoms with E-state index in [0.717, 1.165) is 5.88 Å². The molecular weight excluding hydrogens is 220 g/mol. The first kappa shape index (κ1) is 11.7. The van der Waals surface area contributed by atoms with Crippen LogP contribution in [0.3, 0.4) is 0 Å². The summed E-state index contributed by atoms with van der Waals surface area (Å²) in [6.07, 6.45) is 0. The van der Waals surface area contributed by atoms with Crippen LogP contribution >= 0.6 is 24.0 Å². The van der Waals surface area contributed by atoms with E-state index in [2.05, 4.69) is 18.7 Å². The molecule has 1 aliphatic rings. The van der Waals surface area contributed by atoms with E-state index >= 15 is 0 Å². The highest BCUT2D eigenvalue weighted by Gasteiger charge is 2.24. The van der Waals surface area contributed by atoms with Crippen molar-refractivity contribution in [1.82, 2.24) is 9.80 Å². The molecule has 0 aromatic carbocycles. The molecule has 0 aromatic heterocycles. The first-order chi connectivity index (χ1) is 6.50. The third kappa shape index (κ3) is 3.11. The second-order valence-corrected chi connectivity index (χ2v) is 5.03. The van der Waals surface area contributed by atoms with Crippen LogP contribution in [0.25, 0.3) is 0 Å². The van der Waals surface area contributed by atoms with Gasteiger partial charge < -0.3 is 10.0 Å². The number of hydrogen-bond acceptors (Lipinski definition) is 4. The Kier molecular flexibility index (Phi) is 4.15. The van der Waals surface area contributed by atoms with Gasteiger partial charge in [-0.3, -0.25) is 9.69 Å². The minimum Gasteiger partial charge on any atom is -0.480 e. The molecule has 1 rings (SSSR count). The number of nitrogens with zero attached hydrogens (tertiary/aromatic N) is 2. The third-order valence-electron chi connectivity index (χ3n) is 2.02. The molecule has 4 nitrogen and oxygen atoms in total. The zero-order chi connectivity index (χ0) is 10.7. The lowest BCUT2D eigenvalue weighted by molar-refractivity contribution is -0.137. The average Bonchev–Trinajstić information content (AvgIpc) is 2.07. The molecule has 14 heavy (non-hydrogen) atoms. The van der Waals surface area contributed by atoms with E-state index in [4.69, 9.17) is 17.3 Å². The molecular formula is C8H14N2O2S2. The van der Waals surface area contributed by atoms with Gasteiger partial charge in [0.05, 0.1) is 12.5 Å². The van der Waals surface area contributed by atoms with Crippen LogP contribution in [0.15, 0.2) is 0 Å². The summed E-state index contributed by atoms with van der Waals surface area (Å²) < 4.78 is 0.685. The van der Waals surface area contributed by atoms with Gasteiger partial charge in [0.15, 0.2) is 0 Å². The normalized spacial score (nSPS) is 19.1. The van der Waals surface area contributed by atoms with Crippen molar-refractivity contribution >= 4 is 34.3 Å². The van der Waals surface area contributed by atoms with Gasteiger partial charge in [0.2, 0.25) is 0 Å². The van der Waals surface area contributed by atoms with Crippen molar-refractivity contribution in [2.24, 2.45) is 0 Å². The number of carbonyl (C=O) groups is 1. The third-order valence-corrected chi connectivity index (χ3v) is 3.60. The molecule has 1 saturated heterocycles. The Hall–Kier alpha value is -0.330. The van der Waals surface area contributed by atoms with E-state index in [1.165, 1.54) is 11.8 Å². The van der Waals surface area contributed by atoms with Gasteiger partial charge >= 0.3 is 5.97 Å². The number of rotatable bonds is 3. The number of thiocarbonyl (C=S) groups is 1. The van der Waals surface area contributed by atoms with E-state index in [-0.39, 0.29) is 6.54 Å². The second-order valence-electron chi connectivity index (χ2n) is 3.45. The highest BCUT2D eigenvalue weighted by molar-refractivity contribution is 8.22. The molecule has 0 amide bonds. The predicted molar refractivity (Wildman–Crippen MR) is 61.2 cm³/mol. The van der Waals surface area contributed by atoms with Crippen LogP contribution in [0.5, 0.6) is 0 Å². The van der Waals surface area contributed by atoms with Crippen molar-refractivity contribution in [3.63, 3.8) is 0 Å². The smallest absolute Gasteiger partial charge is 0.323 e. The molecule has 1 heterocycles. The van der Waals surface area contributed by atoms with Crippen LogP contribution in [0.1, 0.15) is 13.8 Å². The summed E-state index contributed by atoms with van der Waals surface area (Å²) in [5.74, 6) is 0.0191. The van der Waals surface area contributed by atoms with Gasteiger partial charge in [0.25, 0.3) is 0 Å². The van der Waals surface area contributed by atoms with Crippen LogP contribution < -0.4 is 0 Å². The van der Waals surface area contributed by atoms with Gasteiger partial charge in [-0.1, -0.05) is 24.0 Å². The molecule has 0 atom stereocenters. The lowest BCUT2D eigenvalue weighted by Gasteiger charge is -2.37. The van der Waals surface area contributed by atoms with E-state index < -0.39 is 5.97 Å². The average molecular weight is 234 g/mol. The molecule has 0 radical (unpaired) electrons. The van der Waals surface area contributed by atoms with E-state index in [9.17, 15) is 4.79 Å². The second kappa shape index (κ2) is 4.95. The molecule has 1 aliphatic heterocycles. The number of hydrogen-bond donors (Lipinski definition) is 1. The lowest BCUT2D eigenvalue weighted by Crippen LogP contribution is -2.49. The number of aliphatic carboxylic acids is 1. The quantitative estimate of drug-likeness (QED) is 0.736. The van der Waals surface area contributed by atoms with Crippen molar-refractivity contribution in [2.75, 3.05) is 19.1 Å². The molecule has 0 saturated carbocycles. The Morgan fingerprint density at radius 3 is 2.86 bits per heavy atom. The number of thioether (sulfide) groups is 1. The Morgan fingerprint density at radius 2 is 2.36 bits per heavy atom. The Morgan fingerprint density at radius 1 is 1.71 bits per heavy atom. The van der Waals surface area contributed by atoms with Gasteiger partial charge in [0.1, 0.15) is 10.9 Å². The minimum absolute atomic E-state index is 0.00491. The van der Waals surface area contributed by atoms with Crippen LogP contribution in [-0.4, -0.2) is 50.3 Å². The van der Waals surface area contributed by atoms with Crippen LogP contribution in [0.4, 0.5) is 0 Å². The first-order valence-corrected chi connectivity index (χ1v) is 5.77. The molecule has 80 valence electrons. The lowest BCUT2D eigenvalue weighted by atomic mass is 10.3. The number of carboxylic acid groups (broad SMARTS) is 1. The summed E-state index contributed by atoms with van der Waals surface area (Å²) in [5.41, 5.74) is 0. The van der Waals surface area contributed by atoms with Crippen molar-refractivity contribution in [1.29, 1.82) is 0 Å². The molecule has 0 unspecified atom stereocenters. The zero-order valence-electron chi connectivity index (χ0n) is 8.27. The van der Waals surface area contributed by atoms with Crippen molar-refractivity contribution in [3.8, 4) is 0 Å². The topological polar surface area (TPSA) is 43.8 Å². The van der Waals surface area contributed by atoms with Crippen molar-refractivity contribution < 1.29 is 9.90 Å². The van der Waals surface area contributed by atoms with Crippen molar-refractivity contribution in [2.45, 2.75) is 19.9 Å². The van der Waals surface area contributed by atoms with Crippen LogP contribution in [0.2, 0.25) is 0 Å². The van der Waals surface area contributed by atoms with Gasteiger partial charge in [-0.2, -0.15) is 0 Å². The largest absolute Gasteiger partial charge is 0.480 e. The van der Waals surface area contributed by atoms with Gasteiger partial charge in [0, 0.05) is 6.04 Å². The van der Waals surface area contributed by atoms with Crippen LogP contribution in [0, 0.1) is 0 Å². The molecule has 0 aliphatic carbocycles. The van der Waals surface area contributed by atoms with Gasteiger partial charge in [-0.25, -0.2) is 0 Å². The molecule has 0 bridgehead atoms. The molecule has 1 fully saturated rings. The van der Waals surface area contributed by atoms with E-state index in [1.807, 2.05) is 0 Å². The predicted octanol–water partition coefficient (Wildman–Crippen LogP) is 1.03. The minimum atomic E-state index is -0.835. The fraction of sp³-hybridized carbons (Fsp3) is 0.750. The van der Waals surface area contributed by atoms with Gasteiger partial charge in [-0.15, -0.1) is 0 Å². The first-order valence-electron chi connectivity index (χ1n) is 4.38. The van der Waals surface area contributed by atoms with Crippen LogP contribution in [-0.2, 0) is 4.79 Å².